The molecular formula is C15H22BrN3O3. The maximum Gasteiger partial charge on any atom is 0.271 e. The SMILES string of the molecule is CC(C)C[C@@H](c1cc([N+](=O)[O-])cc(Br)c1O)N1CCNCC1. The summed E-state index contributed by atoms with van der Waals surface area (Å²) >= 11 is 3.24. The van der Waals surface area contributed by atoms with E-state index in [0.717, 1.165) is 32.6 Å². The van der Waals surface area contributed by atoms with Crippen LogP contribution in [0.25, 0.3) is 0 Å². The van der Waals surface area contributed by atoms with Crippen molar-refractivity contribution in [2.75, 3.05) is 26.2 Å². The van der Waals surface area contributed by atoms with Gasteiger partial charge >= 0.3 is 0 Å². The number of rotatable bonds is 5. The van der Waals surface area contributed by atoms with E-state index in [-0.39, 0.29) is 17.5 Å². The molecule has 1 atom stereocenters. The van der Waals surface area contributed by atoms with Crippen molar-refractivity contribution in [2.45, 2.75) is 26.3 Å². The number of non-ortho nitro benzene ring substituents is 1. The van der Waals surface area contributed by atoms with Crippen molar-refractivity contribution in [3.05, 3.63) is 32.3 Å². The van der Waals surface area contributed by atoms with E-state index in [9.17, 15) is 15.2 Å². The summed E-state index contributed by atoms with van der Waals surface area (Å²) in [7, 11) is 0. The van der Waals surface area contributed by atoms with Gasteiger partial charge in [-0.05, 0) is 28.3 Å². The van der Waals surface area contributed by atoms with Gasteiger partial charge in [0, 0.05) is 49.9 Å². The summed E-state index contributed by atoms with van der Waals surface area (Å²) in [5, 5.41) is 24.8. The van der Waals surface area contributed by atoms with E-state index in [1.54, 1.807) is 0 Å². The lowest BCUT2D eigenvalue weighted by molar-refractivity contribution is -0.385. The van der Waals surface area contributed by atoms with Gasteiger partial charge in [0.1, 0.15) is 5.75 Å². The van der Waals surface area contributed by atoms with Gasteiger partial charge in [-0.1, -0.05) is 13.8 Å². The first kappa shape index (κ1) is 17.2. The van der Waals surface area contributed by atoms with Crippen LogP contribution < -0.4 is 5.32 Å². The van der Waals surface area contributed by atoms with Gasteiger partial charge < -0.3 is 10.4 Å². The van der Waals surface area contributed by atoms with Crippen LogP contribution in [0.15, 0.2) is 16.6 Å². The van der Waals surface area contributed by atoms with Crippen molar-refractivity contribution >= 4 is 21.6 Å². The third-order valence-corrected chi connectivity index (χ3v) is 4.54. The number of benzene rings is 1. The smallest absolute Gasteiger partial charge is 0.271 e. The fourth-order valence-electron chi connectivity index (χ4n) is 2.88. The van der Waals surface area contributed by atoms with E-state index in [0.29, 0.717) is 16.0 Å². The minimum absolute atomic E-state index is 0.00330. The van der Waals surface area contributed by atoms with Crippen LogP contribution in [-0.4, -0.2) is 41.1 Å². The maximum absolute atomic E-state index is 11.1. The Labute approximate surface area is 138 Å². The summed E-state index contributed by atoms with van der Waals surface area (Å²) in [5.74, 6) is 0.534. The summed E-state index contributed by atoms with van der Waals surface area (Å²) in [6, 6.07) is 2.84. The predicted octanol–water partition coefficient (Wildman–Crippen LogP) is 3.06. The minimum Gasteiger partial charge on any atom is -0.506 e. The molecular weight excluding hydrogens is 350 g/mol. The molecule has 1 aromatic rings. The van der Waals surface area contributed by atoms with E-state index in [2.05, 4.69) is 40.0 Å². The molecule has 1 aliphatic heterocycles. The summed E-state index contributed by atoms with van der Waals surface area (Å²) in [5.41, 5.74) is 0.639. The summed E-state index contributed by atoms with van der Waals surface area (Å²) in [6.07, 6.45) is 0.848. The molecule has 1 heterocycles. The van der Waals surface area contributed by atoms with Crippen molar-refractivity contribution in [1.29, 1.82) is 0 Å². The van der Waals surface area contributed by atoms with Crippen LogP contribution in [0.5, 0.6) is 5.75 Å². The Bertz CT molecular complexity index is 545. The van der Waals surface area contributed by atoms with Crippen LogP contribution >= 0.6 is 15.9 Å². The molecule has 0 amide bonds. The van der Waals surface area contributed by atoms with Gasteiger partial charge in [0.15, 0.2) is 0 Å². The molecule has 0 aliphatic carbocycles. The van der Waals surface area contributed by atoms with Gasteiger partial charge in [0.05, 0.1) is 9.40 Å². The molecule has 1 fully saturated rings. The third-order valence-electron chi connectivity index (χ3n) is 3.93. The first-order chi connectivity index (χ1) is 10.4. The second-order valence-corrected chi connectivity index (χ2v) is 6.91. The fraction of sp³-hybridized carbons (Fsp3) is 0.600. The number of piperazine rings is 1. The van der Waals surface area contributed by atoms with Gasteiger partial charge in [-0.15, -0.1) is 0 Å². The van der Waals surface area contributed by atoms with E-state index in [1.165, 1.54) is 12.1 Å². The monoisotopic (exact) mass is 371 g/mol. The molecule has 1 aliphatic rings. The van der Waals surface area contributed by atoms with E-state index in [4.69, 9.17) is 0 Å². The molecule has 0 radical (unpaired) electrons. The maximum atomic E-state index is 11.1. The first-order valence-electron chi connectivity index (χ1n) is 7.51. The summed E-state index contributed by atoms with van der Waals surface area (Å²) in [4.78, 5) is 13.0. The number of halogens is 1. The third kappa shape index (κ3) is 3.97. The number of phenols is 1. The standard InChI is InChI=1S/C15H22BrN3O3/c1-10(2)7-14(18-5-3-17-4-6-18)12-8-11(19(21)22)9-13(16)15(12)20/h8-10,14,17,20H,3-7H2,1-2H3/t14-/m0/s1. The average molecular weight is 372 g/mol. The van der Waals surface area contributed by atoms with Crippen molar-refractivity contribution < 1.29 is 10.0 Å². The van der Waals surface area contributed by atoms with Crippen LogP contribution in [0.2, 0.25) is 0 Å². The molecule has 122 valence electrons. The quantitative estimate of drug-likeness (QED) is 0.614. The Balaban J connectivity index is 2.43. The molecule has 0 aromatic heterocycles. The molecule has 2 N–H and O–H groups in total. The van der Waals surface area contributed by atoms with Crippen molar-refractivity contribution in [3.63, 3.8) is 0 Å². The van der Waals surface area contributed by atoms with E-state index in [1.807, 2.05) is 0 Å². The Morgan fingerprint density at radius 3 is 2.59 bits per heavy atom. The molecule has 6 nitrogen and oxygen atoms in total. The lowest BCUT2D eigenvalue weighted by Crippen LogP contribution is -2.45. The van der Waals surface area contributed by atoms with Crippen molar-refractivity contribution in [1.82, 2.24) is 10.2 Å². The zero-order chi connectivity index (χ0) is 16.3. The summed E-state index contributed by atoms with van der Waals surface area (Å²) in [6.45, 7) is 7.78. The highest BCUT2D eigenvalue weighted by molar-refractivity contribution is 9.10. The Morgan fingerprint density at radius 2 is 2.05 bits per heavy atom. The molecule has 1 saturated heterocycles. The lowest BCUT2D eigenvalue weighted by atomic mass is 9.94. The number of nitro groups is 1. The molecule has 7 heteroatoms. The van der Waals surface area contributed by atoms with E-state index >= 15 is 0 Å². The number of hydrogen-bond acceptors (Lipinski definition) is 5. The molecule has 1 aromatic carbocycles. The summed E-state index contributed by atoms with van der Waals surface area (Å²) < 4.78 is 0.376. The topological polar surface area (TPSA) is 78.6 Å². The molecule has 22 heavy (non-hydrogen) atoms. The number of nitro benzene ring substituents is 1. The molecule has 0 unspecified atom stereocenters. The average Bonchev–Trinajstić information content (AvgIpc) is 2.48. The van der Waals surface area contributed by atoms with Crippen LogP contribution in [0.1, 0.15) is 31.9 Å². The molecule has 0 spiro atoms. The van der Waals surface area contributed by atoms with Crippen LogP contribution in [0.3, 0.4) is 0 Å². The second kappa shape index (κ2) is 7.39. The van der Waals surface area contributed by atoms with Gasteiger partial charge in [-0.2, -0.15) is 0 Å². The molecule has 0 saturated carbocycles. The van der Waals surface area contributed by atoms with Gasteiger partial charge in [0.2, 0.25) is 0 Å². The predicted molar refractivity (Wildman–Crippen MR) is 89.1 cm³/mol. The Hall–Kier alpha value is -1.18. The molecule has 0 bridgehead atoms. The molecule has 2 rings (SSSR count). The van der Waals surface area contributed by atoms with Gasteiger partial charge in [0.25, 0.3) is 5.69 Å². The van der Waals surface area contributed by atoms with E-state index < -0.39 is 4.92 Å². The fourth-order valence-corrected chi connectivity index (χ4v) is 3.34. The first-order valence-corrected chi connectivity index (χ1v) is 8.31. The van der Waals surface area contributed by atoms with Crippen LogP contribution in [0.4, 0.5) is 5.69 Å². The van der Waals surface area contributed by atoms with Crippen molar-refractivity contribution in [2.24, 2.45) is 5.92 Å². The number of aromatic hydroxyl groups is 1. The van der Waals surface area contributed by atoms with Crippen LogP contribution in [-0.2, 0) is 0 Å². The zero-order valence-corrected chi connectivity index (χ0v) is 14.5. The number of nitrogens with one attached hydrogen (secondary N) is 1. The zero-order valence-electron chi connectivity index (χ0n) is 12.9. The van der Waals surface area contributed by atoms with Crippen molar-refractivity contribution in [3.8, 4) is 5.75 Å². The minimum atomic E-state index is -0.419. The number of phenolic OH excluding ortho intramolecular Hbond substituents is 1. The Kier molecular flexibility index (Phi) is 5.77. The number of hydrogen-bond donors (Lipinski definition) is 2. The highest BCUT2D eigenvalue weighted by Gasteiger charge is 2.28. The van der Waals surface area contributed by atoms with Gasteiger partial charge in [-0.3, -0.25) is 15.0 Å². The number of nitrogens with zero attached hydrogens (tertiary/aromatic N) is 2. The largest absolute Gasteiger partial charge is 0.506 e. The lowest BCUT2D eigenvalue weighted by Gasteiger charge is -2.36. The van der Waals surface area contributed by atoms with Crippen LogP contribution in [0, 0.1) is 16.0 Å². The second-order valence-electron chi connectivity index (χ2n) is 6.05. The highest BCUT2D eigenvalue weighted by Crippen LogP contribution is 2.40. The van der Waals surface area contributed by atoms with Gasteiger partial charge in [-0.25, -0.2) is 0 Å². The normalized spacial score (nSPS) is 17.6. The highest BCUT2D eigenvalue weighted by atomic mass is 79.9. The Morgan fingerprint density at radius 1 is 1.41 bits per heavy atom.